The van der Waals surface area contributed by atoms with Crippen molar-refractivity contribution in [2.24, 2.45) is 0 Å². The highest BCUT2D eigenvalue weighted by Gasteiger charge is 2.50. The van der Waals surface area contributed by atoms with Crippen LogP contribution in [0.15, 0.2) is 30.3 Å². The number of nitrogens with zero attached hydrogens (tertiary/aromatic N) is 3. The van der Waals surface area contributed by atoms with Gasteiger partial charge in [0.25, 0.3) is 0 Å². The summed E-state index contributed by atoms with van der Waals surface area (Å²) in [5.41, 5.74) is 0.812. The summed E-state index contributed by atoms with van der Waals surface area (Å²) in [5.74, 6) is 0.213. The van der Waals surface area contributed by atoms with Gasteiger partial charge in [-0.1, -0.05) is 18.2 Å². The summed E-state index contributed by atoms with van der Waals surface area (Å²) in [6, 6.07) is 10.4. The van der Waals surface area contributed by atoms with Gasteiger partial charge in [0.05, 0.1) is 6.67 Å². The fourth-order valence-corrected chi connectivity index (χ4v) is 4.47. The second-order valence-electron chi connectivity index (χ2n) is 7.35. The Morgan fingerprint density at radius 1 is 0.917 bits per heavy atom. The fraction of sp³-hybridized carbons (Fsp3) is 0.632. The second-order valence-corrected chi connectivity index (χ2v) is 7.35. The molecule has 0 atom stereocenters. The normalized spacial score (nSPS) is 24.7. The maximum absolute atomic E-state index is 12.6. The monoisotopic (exact) mass is 328 g/mol. The van der Waals surface area contributed by atoms with Crippen LogP contribution in [0.25, 0.3) is 0 Å². The highest BCUT2D eigenvalue weighted by atomic mass is 16.2. The van der Waals surface area contributed by atoms with Gasteiger partial charge >= 0.3 is 0 Å². The fourth-order valence-electron chi connectivity index (χ4n) is 4.47. The molecule has 4 rings (SSSR count). The van der Waals surface area contributed by atoms with Gasteiger partial charge in [-0.25, -0.2) is 0 Å². The van der Waals surface area contributed by atoms with Crippen molar-refractivity contribution in [1.29, 1.82) is 0 Å². The van der Waals surface area contributed by atoms with E-state index in [0.717, 1.165) is 38.2 Å². The lowest BCUT2D eigenvalue weighted by Crippen LogP contribution is -2.57. The van der Waals surface area contributed by atoms with Crippen molar-refractivity contribution in [3.8, 4) is 0 Å². The smallest absolute Gasteiger partial charge is 0.247 e. The quantitative estimate of drug-likeness (QED) is 0.909. The Morgan fingerprint density at radius 3 is 2.21 bits per heavy atom. The van der Waals surface area contributed by atoms with Crippen molar-refractivity contribution in [2.75, 3.05) is 50.8 Å². The predicted octanol–water partition coefficient (Wildman–Crippen LogP) is 1.51. The predicted molar refractivity (Wildman–Crippen MR) is 96.0 cm³/mol. The summed E-state index contributed by atoms with van der Waals surface area (Å²) in [6.07, 6.45) is 4.56. The number of carbonyl (C=O) groups excluding carboxylic acids is 1. The van der Waals surface area contributed by atoms with Crippen LogP contribution < -0.4 is 10.2 Å². The van der Waals surface area contributed by atoms with Gasteiger partial charge < -0.3 is 20.0 Å². The first-order valence-corrected chi connectivity index (χ1v) is 9.34. The van der Waals surface area contributed by atoms with Crippen molar-refractivity contribution in [3.05, 3.63) is 30.3 Å². The first-order chi connectivity index (χ1) is 11.8. The zero-order valence-electron chi connectivity index (χ0n) is 14.4. The van der Waals surface area contributed by atoms with E-state index in [1.165, 1.54) is 32.5 Å². The molecule has 3 aliphatic heterocycles. The largest absolute Gasteiger partial charge is 0.339 e. The highest BCUT2D eigenvalue weighted by molar-refractivity contribution is 5.93. The Bertz CT molecular complexity index is 562. The molecule has 1 aromatic rings. The van der Waals surface area contributed by atoms with Crippen LogP contribution in [0, 0.1) is 0 Å². The molecule has 5 nitrogen and oxygen atoms in total. The number of carbonyl (C=O) groups is 1. The SMILES string of the molecule is O=C1NCN(c2ccccc2)C12CCN(CCN1CCCC1)CC2. The van der Waals surface area contributed by atoms with E-state index in [1.807, 2.05) is 6.07 Å². The van der Waals surface area contributed by atoms with Crippen LogP contribution in [0.4, 0.5) is 5.69 Å². The van der Waals surface area contributed by atoms with Crippen LogP contribution in [-0.2, 0) is 4.79 Å². The molecule has 0 aromatic heterocycles. The molecule has 3 fully saturated rings. The van der Waals surface area contributed by atoms with Gasteiger partial charge in [-0.2, -0.15) is 0 Å². The third-order valence-electron chi connectivity index (χ3n) is 6.02. The minimum absolute atomic E-state index is 0.213. The number of para-hydroxylation sites is 1. The minimum atomic E-state index is -0.342. The minimum Gasteiger partial charge on any atom is -0.339 e. The van der Waals surface area contributed by atoms with E-state index in [4.69, 9.17) is 0 Å². The molecule has 1 aromatic carbocycles. The molecule has 130 valence electrons. The van der Waals surface area contributed by atoms with Crippen LogP contribution in [0.3, 0.4) is 0 Å². The van der Waals surface area contributed by atoms with Crippen LogP contribution in [0.1, 0.15) is 25.7 Å². The summed E-state index contributed by atoms with van der Waals surface area (Å²) in [6.45, 7) is 7.53. The molecule has 0 bridgehead atoms. The molecule has 1 amide bonds. The molecule has 3 saturated heterocycles. The van der Waals surface area contributed by atoms with Crippen molar-refractivity contribution >= 4 is 11.6 Å². The molecule has 0 unspecified atom stereocenters. The lowest BCUT2D eigenvalue weighted by Gasteiger charge is -2.43. The molecular formula is C19H28N4O. The van der Waals surface area contributed by atoms with Crippen molar-refractivity contribution < 1.29 is 4.79 Å². The Labute approximate surface area is 144 Å². The summed E-state index contributed by atoms with van der Waals surface area (Å²) in [4.78, 5) is 20.0. The topological polar surface area (TPSA) is 38.8 Å². The lowest BCUT2D eigenvalue weighted by atomic mass is 9.85. The van der Waals surface area contributed by atoms with Gasteiger partial charge in [0.2, 0.25) is 5.91 Å². The van der Waals surface area contributed by atoms with Gasteiger partial charge in [-0.15, -0.1) is 0 Å². The van der Waals surface area contributed by atoms with Gasteiger partial charge in [0, 0.05) is 31.9 Å². The molecule has 0 saturated carbocycles. The number of piperidine rings is 1. The molecule has 1 N–H and O–H groups in total. The molecule has 0 radical (unpaired) electrons. The summed E-state index contributed by atoms with van der Waals surface area (Å²) in [5, 5.41) is 3.08. The number of hydrogen-bond acceptors (Lipinski definition) is 4. The Balaban J connectivity index is 1.39. The van der Waals surface area contributed by atoms with Crippen LogP contribution in [-0.4, -0.2) is 67.2 Å². The summed E-state index contributed by atoms with van der Waals surface area (Å²) in [7, 11) is 0. The first-order valence-electron chi connectivity index (χ1n) is 9.34. The first kappa shape index (κ1) is 15.9. The standard InChI is InChI=1S/C19H28N4O/c24-18-19(23(16-20-18)17-6-2-1-3-7-17)8-12-22(13-9-19)15-14-21-10-4-5-11-21/h1-3,6-7H,4-5,8-16H2,(H,20,24). The average Bonchev–Trinajstić information content (AvgIpc) is 3.25. The van der Waals surface area contributed by atoms with Crippen molar-refractivity contribution in [1.82, 2.24) is 15.1 Å². The Morgan fingerprint density at radius 2 is 1.54 bits per heavy atom. The number of likely N-dealkylation sites (tertiary alicyclic amines) is 2. The lowest BCUT2D eigenvalue weighted by molar-refractivity contribution is -0.125. The zero-order valence-corrected chi connectivity index (χ0v) is 14.4. The molecule has 3 heterocycles. The third kappa shape index (κ3) is 2.91. The van der Waals surface area contributed by atoms with E-state index in [1.54, 1.807) is 0 Å². The molecule has 0 aliphatic carbocycles. The summed E-state index contributed by atoms with van der Waals surface area (Å²) >= 11 is 0. The van der Waals surface area contributed by atoms with E-state index in [2.05, 4.69) is 44.3 Å². The zero-order chi connectivity index (χ0) is 16.4. The van der Waals surface area contributed by atoms with E-state index >= 15 is 0 Å². The van der Waals surface area contributed by atoms with Crippen LogP contribution in [0.5, 0.6) is 0 Å². The maximum atomic E-state index is 12.6. The third-order valence-corrected chi connectivity index (χ3v) is 6.02. The van der Waals surface area contributed by atoms with E-state index in [-0.39, 0.29) is 11.4 Å². The van der Waals surface area contributed by atoms with Gasteiger partial charge in [0.1, 0.15) is 5.54 Å². The van der Waals surface area contributed by atoms with Crippen LogP contribution >= 0.6 is 0 Å². The van der Waals surface area contributed by atoms with E-state index < -0.39 is 0 Å². The number of nitrogens with one attached hydrogen (secondary N) is 1. The summed E-state index contributed by atoms with van der Waals surface area (Å²) < 4.78 is 0. The van der Waals surface area contributed by atoms with E-state index in [0.29, 0.717) is 6.67 Å². The van der Waals surface area contributed by atoms with Crippen molar-refractivity contribution in [3.63, 3.8) is 0 Å². The Hall–Kier alpha value is -1.59. The van der Waals surface area contributed by atoms with Gasteiger partial charge in [0.15, 0.2) is 0 Å². The molecule has 5 heteroatoms. The molecule has 3 aliphatic rings. The highest BCUT2D eigenvalue weighted by Crippen LogP contribution is 2.36. The van der Waals surface area contributed by atoms with Gasteiger partial charge in [-0.05, 0) is 50.9 Å². The molecule has 24 heavy (non-hydrogen) atoms. The number of amides is 1. The number of rotatable bonds is 4. The maximum Gasteiger partial charge on any atom is 0.247 e. The van der Waals surface area contributed by atoms with Gasteiger partial charge in [-0.3, -0.25) is 4.79 Å². The average molecular weight is 328 g/mol. The number of hydrogen-bond donors (Lipinski definition) is 1. The second kappa shape index (κ2) is 6.73. The van der Waals surface area contributed by atoms with Crippen LogP contribution in [0.2, 0.25) is 0 Å². The molecule has 1 spiro atoms. The van der Waals surface area contributed by atoms with Crippen molar-refractivity contribution in [2.45, 2.75) is 31.2 Å². The van der Waals surface area contributed by atoms with E-state index in [9.17, 15) is 4.79 Å². The number of anilines is 1. The Kier molecular flexibility index (Phi) is 4.46. The number of benzene rings is 1. The molecular weight excluding hydrogens is 300 g/mol.